The molecule has 0 radical (unpaired) electrons. The fourth-order valence-electron chi connectivity index (χ4n) is 1.98. The van der Waals surface area contributed by atoms with E-state index >= 15 is 0 Å². The van der Waals surface area contributed by atoms with Gasteiger partial charge in [-0.2, -0.15) is 0 Å². The molecule has 0 saturated carbocycles. The van der Waals surface area contributed by atoms with Crippen molar-refractivity contribution in [3.8, 4) is 0 Å². The van der Waals surface area contributed by atoms with Crippen LogP contribution in [0.15, 0.2) is 40.9 Å². The van der Waals surface area contributed by atoms with Crippen molar-refractivity contribution in [1.82, 2.24) is 4.98 Å². The number of nitrogens with zero attached hydrogens (tertiary/aromatic N) is 1. The molecule has 1 N–H and O–H groups in total. The van der Waals surface area contributed by atoms with Crippen LogP contribution in [0.2, 0.25) is 0 Å². The van der Waals surface area contributed by atoms with E-state index in [2.05, 4.69) is 48.8 Å². The number of hydrogen-bond acceptors (Lipinski definition) is 3. The predicted molar refractivity (Wildman–Crippen MR) is 99.2 cm³/mol. The first kappa shape index (κ1) is 14.9. The minimum atomic E-state index is -0.141. The minimum absolute atomic E-state index is 0.141. The normalized spacial score (nSPS) is 10.8. The first-order chi connectivity index (χ1) is 10.0. The molecule has 21 heavy (non-hydrogen) atoms. The van der Waals surface area contributed by atoms with Gasteiger partial charge >= 0.3 is 0 Å². The van der Waals surface area contributed by atoms with Crippen LogP contribution in [-0.4, -0.2) is 10.9 Å². The number of para-hydroxylation sites is 1. The molecule has 0 aliphatic carbocycles. The summed E-state index contributed by atoms with van der Waals surface area (Å²) in [5.74, 6) is -0.141. The van der Waals surface area contributed by atoms with E-state index in [1.54, 1.807) is 0 Å². The molecular weight excluding hydrogens is 463 g/mol. The molecule has 0 saturated heterocycles. The number of fused-ring (bicyclic) bond motifs is 1. The third-order valence-electron chi connectivity index (χ3n) is 3.01. The van der Waals surface area contributed by atoms with Gasteiger partial charge in [0, 0.05) is 8.04 Å². The summed E-state index contributed by atoms with van der Waals surface area (Å²) < 4.78 is 2.87. The van der Waals surface area contributed by atoms with E-state index in [-0.39, 0.29) is 5.91 Å². The van der Waals surface area contributed by atoms with Crippen molar-refractivity contribution in [2.75, 3.05) is 5.32 Å². The molecule has 0 atom stereocenters. The Morgan fingerprint density at radius 2 is 2.14 bits per heavy atom. The average molecular weight is 473 g/mol. The van der Waals surface area contributed by atoms with E-state index in [0.29, 0.717) is 10.7 Å². The number of benzene rings is 2. The second-order valence-electron chi connectivity index (χ2n) is 4.52. The number of aryl methyl sites for hydroxylation is 1. The molecule has 6 heteroatoms. The van der Waals surface area contributed by atoms with Crippen LogP contribution in [0.1, 0.15) is 15.9 Å². The molecule has 3 rings (SSSR count). The van der Waals surface area contributed by atoms with Gasteiger partial charge in [-0.15, -0.1) is 0 Å². The van der Waals surface area contributed by atoms with Crippen molar-refractivity contribution in [1.29, 1.82) is 0 Å². The Morgan fingerprint density at radius 1 is 1.33 bits per heavy atom. The summed E-state index contributed by atoms with van der Waals surface area (Å²) >= 11 is 7.03. The third-order valence-corrected chi connectivity index (χ3v) is 5.38. The van der Waals surface area contributed by atoms with Crippen molar-refractivity contribution in [3.05, 3.63) is 55.6 Å². The number of halogens is 2. The second-order valence-corrected chi connectivity index (χ2v) is 7.63. The van der Waals surface area contributed by atoms with Crippen LogP contribution < -0.4 is 5.32 Å². The third kappa shape index (κ3) is 3.12. The summed E-state index contributed by atoms with van der Waals surface area (Å²) in [7, 11) is 0. The molecule has 3 aromatic rings. The predicted octanol–water partition coefficient (Wildman–Crippen LogP) is 5.22. The van der Waals surface area contributed by atoms with Crippen molar-refractivity contribution in [2.45, 2.75) is 6.92 Å². The highest BCUT2D eigenvalue weighted by Gasteiger charge is 2.13. The fourth-order valence-corrected chi connectivity index (χ4v) is 3.86. The average Bonchev–Trinajstić information content (AvgIpc) is 2.85. The summed E-state index contributed by atoms with van der Waals surface area (Å²) in [6.07, 6.45) is 0. The monoisotopic (exact) mass is 472 g/mol. The number of carbonyl (C=O) groups is 1. The largest absolute Gasteiger partial charge is 0.298 e. The summed E-state index contributed by atoms with van der Waals surface area (Å²) in [4.78, 5) is 16.9. The maximum atomic E-state index is 12.4. The summed E-state index contributed by atoms with van der Waals surface area (Å²) in [5.41, 5.74) is 2.70. The smallest absolute Gasteiger partial charge is 0.258 e. The van der Waals surface area contributed by atoms with E-state index in [1.807, 2.05) is 43.3 Å². The fraction of sp³-hybridized carbons (Fsp3) is 0.0667. The molecule has 0 aliphatic rings. The Balaban J connectivity index is 1.93. The Hall–Kier alpha value is -0.990. The minimum Gasteiger partial charge on any atom is -0.298 e. The molecule has 0 spiro atoms. The quantitative estimate of drug-likeness (QED) is 0.519. The molecule has 1 aromatic heterocycles. The highest BCUT2D eigenvalue weighted by Crippen LogP contribution is 2.28. The molecule has 2 aromatic carbocycles. The topological polar surface area (TPSA) is 42.0 Å². The first-order valence-corrected chi connectivity index (χ1v) is 8.86. The zero-order valence-corrected chi connectivity index (χ0v) is 15.5. The van der Waals surface area contributed by atoms with Crippen LogP contribution in [0.3, 0.4) is 0 Å². The van der Waals surface area contributed by atoms with Gasteiger partial charge in [0.05, 0.1) is 15.8 Å². The van der Waals surface area contributed by atoms with E-state index in [1.165, 1.54) is 11.3 Å². The Kier molecular flexibility index (Phi) is 4.28. The number of rotatable bonds is 2. The highest BCUT2D eigenvalue weighted by molar-refractivity contribution is 14.1. The lowest BCUT2D eigenvalue weighted by Crippen LogP contribution is -2.13. The summed E-state index contributed by atoms with van der Waals surface area (Å²) in [6.45, 7) is 2.02. The Labute approximate surface area is 148 Å². The number of aromatic nitrogens is 1. The van der Waals surface area contributed by atoms with Gasteiger partial charge in [-0.3, -0.25) is 10.1 Å². The van der Waals surface area contributed by atoms with Crippen LogP contribution in [0, 0.1) is 10.5 Å². The van der Waals surface area contributed by atoms with Gasteiger partial charge in [-0.25, -0.2) is 4.98 Å². The summed E-state index contributed by atoms with van der Waals surface area (Å²) in [5, 5.41) is 3.51. The molecule has 1 heterocycles. The van der Waals surface area contributed by atoms with Crippen molar-refractivity contribution < 1.29 is 4.79 Å². The standard InChI is InChI=1S/C15H10BrIN2OS/c1-8-3-2-4-12-13(8)18-15(21-12)19-14(20)10-7-9(16)5-6-11(10)17/h2-7H,1H3,(H,18,19,20). The van der Waals surface area contributed by atoms with Gasteiger partial charge in [0.1, 0.15) is 0 Å². The van der Waals surface area contributed by atoms with Gasteiger partial charge in [0.15, 0.2) is 5.13 Å². The lowest BCUT2D eigenvalue weighted by Gasteiger charge is -2.04. The highest BCUT2D eigenvalue weighted by atomic mass is 127. The van der Waals surface area contributed by atoms with Crippen LogP contribution in [0.25, 0.3) is 10.2 Å². The number of anilines is 1. The number of nitrogens with one attached hydrogen (secondary N) is 1. The van der Waals surface area contributed by atoms with E-state index in [9.17, 15) is 4.79 Å². The van der Waals surface area contributed by atoms with Crippen LogP contribution in [0.5, 0.6) is 0 Å². The number of amides is 1. The molecular formula is C15H10BrIN2OS. The van der Waals surface area contributed by atoms with Crippen LogP contribution in [-0.2, 0) is 0 Å². The van der Waals surface area contributed by atoms with Gasteiger partial charge in [-0.1, -0.05) is 39.4 Å². The van der Waals surface area contributed by atoms with Crippen molar-refractivity contribution in [3.63, 3.8) is 0 Å². The van der Waals surface area contributed by atoms with Crippen molar-refractivity contribution >= 4 is 71.1 Å². The number of hydrogen-bond donors (Lipinski definition) is 1. The van der Waals surface area contributed by atoms with E-state index in [4.69, 9.17) is 0 Å². The molecule has 0 aliphatic heterocycles. The Bertz CT molecular complexity index is 847. The van der Waals surface area contributed by atoms with Gasteiger partial charge < -0.3 is 0 Å². The molecule has 0 unspecified atom stereocenters. The Morgan fingerprint density at radius 3 is 2.90 bits per heavy atom. The van der Waals surface area contributed by atoms with E-state index < -0.39 is 0 Å². The van der Waals surface area contributed by atoms with Gasteiger partial charge in [0.2, 0.25) is 0 Å². The van der Waals surface area contributed by atoms with Gasteiger partial charge in [-0.05, 0) is 59.3 Å². The molecule has 3 nitrogen and oxygen atoms in total. The zero-order chi connectivity index (χ0) is 15.0. The second kappa shape index (κ2) is 6.02. The maximum Gasteiger partial charge on any atom is 0.258 e. The lowest BCUT2D eigenvalue weighted by atomic mass is 10.2. The van der Waals surface area contributed by atoms with Crippen LogP contribution >= 0.6 is 49.9 Å². The first-order valence-electron chi connectivity index (χ1n) is 6.17. The van der Waals surface area contributed by atoms with Crippen LogP contribution in [0.4, 0.5) is 5.13 Å². The molecule has 0 bridgehead atoms. The molecule has 106 valence electrons. The molecule has 0 fully saturated rings. The summed E-state index contributed by atoms with van der Waals surface area (Å²) in [6, 6.07) is 11.7. The number of thiazole rings is 1. The maximum absolute atomic E-state index is 12.4. The lowest BCUT2D eigenvalue weighted by molar-refractivity contribution is 0.102. The number of carbonyl (C=O) groups excluding carboxylic acids is 1. The van der Waals surface area contributed by atoms with Crippen molar-refractivity contribution in [2.24, 2.45) is 0 Å². The van der Waals surface area contributed by atoms with Gasteiger partial charge in [0.25, 0.3) is 5.91 Å². The molecule has 1 amide bonds. The SMILES string of the molecule is Cc1cccc2sc(NC(=O)c3cc(Br)ccc3I)nc12. The zero-order valence-electron chi connectivity index (χ0n) is 11.0. The van der Waals surface area contributed by atoms with E-state index in [0.717, 1.165) is 23.8 Å².